The van der Waals surface area contributed by atoms with Crippen LogP contribution >= 0.6 is 0 Å². The van der Waals surface area contributed by atoms with E-state index in [2.05, 4.69) is 17.2 Å². The molecule has 0 aromatic heterocycles. The van der Waals surface area contributed by atoms with Crippen LogP contribution in [0.5, 0.6) is 0 Å². The molecule has 1 aromatic carbocycles. The molecule has 0 radical (unpaired) electrons. The Morgan fingerprint density at radius 2 is 2.22 bits per heavy atom. The maximum atomic E-state index is 12.0. The molecule has 0 heterocycles. The molecule has 0 aliphatic heterocycles. The molecule has 3 nitrogen and oxygen atoms in total. The smallest absolute Gasteiger partial charge is 0.251 e. The van der Waals surface area contributed by atoms with Crippen molar-refractivity contribution >= 4 is 5.91 Å². The van der Waals surface area contributed by atoms with Gasteiger partial charge in [-0.25, -0.2) is 0 Å². The topological polar surface area (TPSA) is 55.1 Å². The summed E-state index contributed by atoms with van der Waals surface area (Å²) in [4.78, 5) is 12.0. The highest BCUT2D eigenvalue weighted by atomic mass is 16.1. The number of carbonyl (C=O) groups excluding carboxylic acids is 1. The van der Waals surface area contributed by atoms with Crippen LogP contribution in [0.15, 0.2) is 18.2 Å². The molecule has 1 saturated carbocycles. The molecule has 1 aromatic rings. The van der Waals surface area contributed by atoms with Gasteiger partial charge in [0, 0.05) is 17.7 Å². The molecular weight excluding hydrogens is 224 g/mol. The fraction of sp³-hybridized carbons (Fsp3) is 0.400. The second-order valence-corrected chi connectivity index (χ2v) is 4.75. The summed E-state index contributed by atoms with van der Waals surface area (Å²) in [7, 11) is 0. The second kappa shape index (κ2) is 5.70. The SMILES string of the molecule is Cc1cc(C#CCN)cc(C(=O)NCC2CC2)c1. The van der Waals surface area contributed by atoms with Gasteiger partial charge in [0.05, 0.1) is 6.54 Å². The van der Waals surface area contributed by atoms with Gasteiger partial charge in [-0.3, -0.25) is 4.79 Å². The van der Waals surface area contributed by atoms with Gasteiger partial charge in [-0.1, -0.05) is 11.8 Å². The Labute approximate surface area is 108 Å². The molecule has 0 unspecified atom stereocenters. The van der Waals surface area contributed by atoms with Crippen molar-refractivity contribution in [3.8, 4) is 11.8 Å². The summed E-state index contributed by atoms with van der Waals surface area (Å²) < 4.78 is 0. The normalized spacial score (nSPS) is 13.7. The van der Waals surface area contributed by atoms with Crippen LogP contribution in [-0.2, 0) is 0 Å². The molecular formula is C15H18N2O. The van der Waals surface area contributed by atoms with Crippen LogP contribution in [0.1, 0.15) is 34.3 Å². The van der Waals surface area contributed by atoms with Gasteiger partial charge in [-0.2, -0.15) is 0 Å². The van der Waals surface area contributed by atoms with Gasteiger partial charge in [0.1, 0.15) is 0 Å². The first-order valence-corrected chi connectivity index (χ1v) is 6.28. The average Bonchev–Trinajstić information content (AvgIpc) is 3.16. The van der Waals surface area contributed by atoms with Crippen molar-refractivity contribution in [3.05, 3.63) is 34.9 Å². The van der Waals surface area contributed by atoms with E-state index in [0.717, 1.165) is 17.7 Å². The first-order chi connectivity index (χ1) is 8.69. The van der Waals surface area contributed by atoms with Crippen LogP contribution in [-0.4, -0.2) is 19.0 Å². The Morgan fingerprint density at radius 3 is 2.89 bits per heavy atom. The van der Waals surface area contributed by atoms with Crippen molar-refractivity contribution in [1.29, 1.82) is 0 Å². The number of carbonyl (C=O) groups is 1. The van der Waals surface area contributed by atoms with E-state index in [-0.39, 0.29) is 5.91 Å². The molecule has 3 N–H and O–H groups in total. The molecule has 2 rings (SSSR count). The fourth-order valence-corrected chi connectivity index (χ4v) is 1.80. The summed E-state index contributed by atoms with van der Waals surface area (Å²) >= 11 is 0. The summed E-state index contributed by atoms with van der Waals surface area (Å²) in [5, 5.41) is 2.96. The number of hydrogen-bond donors (Lipinski definition) is 2. The van der Waals surface area contributed by atoms with E-state index in [1.807, 2.05) is 25.1 Å². The molecule has 3 heteroatoms. The molecule has 0 saturated heterocycles. The number of amides is 1. The third-order valence-corrected chi connectivity index (χ3v) is 2.92. The second-order valence-electron chi connectivity index (χ2n) is 4.75. The van der Waals surface area contributed by atoms with Crippen molar-refractivity contribution in [2.75, 3.05) is 13.1 Å². The minimum atomic E-state index is -0.0126. The van der Waals surface area contributed by atoms with Crippen LogP contribution in [0.3, 0.4) is 0 Å². The van der Waals surface area contributed by atoms with Gasteiger partial charge >= 0.3 is 0 Å². The number of benzene rings is 1. The predicted octanol–water partition coefficient (Wildman–Crippen LogP) is 1.45. The van der Waals surface area contributed by atoms with Crippen molar-refractivity contribution < 1.29 is 4.79 Å². The third-order valence-electron chi connectivity index (χ3n) is 2.92. The highest BCUT2D eigenvalue weighted by molar-refractivity contribution is 5.94. The van der Waals surface area contributed by atoms with Gasteiger partial charge in [-0.15, -0.1) is 0 Å². The number of nitrogens with one attached hydrogen (secondary N) is 1. The largest absolute Gasteiger partial charge is 0.352 e. The zero-order valence-electron chi connectivity index (χ0n) is 10.6. The van der Waals surface area contributed by atoms with Crippen LogP contribution in [0.25, 0.3) is 0 Å². The highest BCUT2D eigenvalue weighted by Gasteiger charge is 2.21. The van der Waals surface area contributed by atoms with Crippen LogP contribution in [0.4, 0.5) is 0 Å². The summed E-state index contributed by atoms with van der Waals surface area (Å²) in [6.07, 6.45) is 2.47. The Morgan fingerprint density at radius 1 is 1.44 bits per heavy atom. The van der Waals surface area contributed by atoms with E-state index < -0.39 is 0 Å². The Bertz CT molecular complexity index is 507. The van der Waals surface area contributed by atoms with Crippen molar-refractivity contribution in [2.24, 2.45) is 11.7 Å². The van der Waals surface area contributed by atoms with Gasteiger partial charge in [-0.05, 0) is 49.4 Å². The fourth-order valence-electron chi connectivity index (χ4n) is 1.80. The third kappa shape index (κ3) is 3.61. The van der Waals surface area contributed by atoms with Gasteiger partial charge in [0.25, 0.3) is 5.91 Å². The molecule has 1 fully saturated rings. The lowest BCUT2D eigenvalue weighted by atomic mass is 10.1. The average molecular weight is 242 g/mol. The zero-order valence-corrected chi connectivity index (χ0v) is 10.6. The lowest BCUT2D eigenvalue weighted by Crippen LogP contribution is -2.25. The van der Waals surface area contributed by atoms with Crippen LogP contribution in [0, 0.1) is 24.7 Å². The summed E-state index contributed by atoms with van der Waals surface area (Å²) in [5.74, 6) is 6.44. The molecule has 94 valence electrons. The van der Waals surface area contributed by atoms with Crippen molar-refractivity contribution in [2.45, 2.75) is 19.8 Å². The lowest BCUT2D eigenvalue weighted by Gasteiger charge is -2.06. The lowest BCUT2D eigenvalue weighted by molar-refractivity contribution is 0.0951. The monoisotopic (exact) mass is 242 g/mol. The van der Waals surface area contributed by atoms with E-state index in [4.69, 9.17) is 5.73 Å². The van der Waals surface area contributed by atoms with Crippen LogP contribution < -0.4 is 11.1 Å². The summed E-state index contributed by atoms with van der Waals surface area (Å²) in [5.41, 5.74) is 7.91. The first kappa shape index (κ1) is 12.7. The van der Waals surface area contributed by atoms with E-state index in [9.17, 15) is 4.79 Å². The maximum absolute atomic E-state index is 12.0. The predicted molar refractivity (Wildman–Crippen MR) is 72.2 cm³/mol. The zero-order chi connectivity index (χ0) is 13.0. The Balaban J connectivity index is 2.10. The molecule has 0 spiro atoms. The number of nitrogens with two attached hydrogens (primary N) is 1. The molecule has 1 amide bonds. The van der Waals surface area contributed by atoms with Gasteiger partial charge < -0.3 is 11.1 Å². The number of hydrogen-bond acceptors (Lipinski definition) is 2. The first-order valence-electron chi connectivity index (χ1n) is 6.28. The molecule has 18 heavy (non-hydrogen) atoms. The Kier molecular flexibility index (Phi) is 4.01. The summed E-state index contributed by atoms with van der Waals surface area (Å²) in [6.45, 7) is 3.08. The van der Waals surface area contributed by atoms with Crippen molar-refractivity contribution in [1.82, 2.24) is 5.32 Å². The highest BCUT2D eigenvalue weighted by Crippen LogP contribution is 2.27. The van der Waals surface area contributed by atoms with E-state index in [1.165, 1.54) is 12.8 Å². The van der Waals surface area contributed by atoms with Crippen molar-refractivity contribution in [3.63, 3.8) is 0 Å². The number of rotatable bonds is 3. The molecule has 1 aliphatic carbocycles. The van der Waals surface area contributed by atoms with E-state index >= 15 is 0 Å². The quantitative estimate of drug-likeness (QED) is 0.788. The van der Waals surface area contributed by atoms with E-state index in [1.54, 1.807) is 0 Å². The summed E-state index contributed by atoms with van der Waals surface area (Å²) in [6, 6.07) is 5.66. The minimum Gasteiger partial charge on any atom is -0.352 e. The van der Waals surface area contributed by atoms with Gasteiger partial charge in [0.2, 0.25) is 0 Å². The number of aryl methyl sites for hydroxylation is 1. The van der Waals surface area contributed by atoms with Crippen LogP contribution in [0.2, 0.25) is 0 Å². The van der Waals surface area contributed by atoms with Gasteiger partial charge in [0.15, 0.2) is 0 Å². The Hall–Kier alpha value is -1.79. The maximum Gasteiger partial charge on any atom is 0.251 e. The molecule has 0 atom stereocenters. The molecule has 1 aliphatic rings. The standard InChI is InChI=1S/C15H18N2O/c1-11-7-13(3-2-6-16)9-14(8-11)15(18)17-10-12-4-5-12/h7-9,12H,4-6,10,16H2,1H3,(H,17,18). The minimum absolute atomic E-state index is 0.0126. The molecule has 0 bridgehead atoms. The van der Waals surface area contributed by atoms with E-state index in [0.29, 0.717) is 18.0 Å².